The van der Waals surface area contributed by atoms with Crippen LogP contribution in [-0.4, -0.2) is 0 Å². The molecule has 0 bridgehead atoms. The van der Waals surface area contributed by atoms with Gasteiger partial charge in [0, 0.05) is 9.86 Å². The van der Waals surface area contributed by atoms with E-state index in [1.54, 1.807) is 0 Å². The van der Waals surface area contributed by atoms with E-state index in [9.17, 15) is 0 Å². The summed E-state index contributed by atoms with van der Waals surface area (Å²) in [6, 6.07) is 16.0. The zero-order valence-electron chi connectivity index (χ0n) is 11.1. The van der Waals surface area contributed by atoms with Crippen molar-refractivity contribution in [3.05, 3.63) is 69.9 Å². The van der Waals surface area contributed by atoms with E-state index in [4.69, 9.17) is 10.3 Å². The summed E-state index contributed by atoms with van der Waals surface area (Å²) in [6.07, 6.45) is 0. The van der Waals surface area contributed by atoms with Gasteiger partial charge in [-0.25, -0.2) is 5.43 Å². The summed E-state index contributed by atoms with van der Waals surface area (Å²) in [6.45, 7) is 2.06. The number of benzene rings is 2. The van der Waals surface area contributed by atoms with Crippen molar-refractivity contribution in [1.82, 2.24) is 5.43 Å². The minimum Gasteiger partial charge on any atom is -0.459 e. The van der Waals surface area contributed by atoms with Crippen molar-refractivity contribution >= 4 is 26.9 Å². The quantitative estimate of drug-likeness (QED) is 0.562. The lowest BCUT2D eigenvalue weighted by Gasteiger charge is -2.14. The molecule has 3 N–H and O–H groups in total. The Kier molecular flexibility index (Phi) is 3.61. The first-order chi connectivity index (χ1) is 9.69. The van der Waals surface area contributed by atoms with E-state index in [0.717, 1.165) is 26.8 Å². The molecule has 3 aromatic rings. The van der Waals surface area contributed by atoms with E-state index in [1.165, 1.54) is 5.56 Å². The first-order valence-electron chi connectivity index (χ1n) is 6.39. The third-order valence-electron chi connectivity index (χ3n) is 3.42. The molecule has 0 aliphatic heterocycles. The van der Waals surface area contributed by atoms with Gasteiger partial charge in [0.15, 0.2) is 0 Å². The van der Waals surface area contributed by atoms with Gasteiger partial charge < -0.3 is 4.42 Å². The van der Waals surface area contributed by atoms with Crippen molar-refractivity contribution in [2.75, 3.05) is 0 Å². The predicted octanol–water partition coefficient (Wildman–Crippen LogP) is 4.06. The van der Waals surface area contributed by atoms with Crippen molar-refractivity contribution in [2.24, 2.45) is 5.84 Å². The molecule has 0 saturated carbocycles. The minimum atomic E-state index is -0.167. The molecule has 1 unspecified atom stereocenters. The van der Waals surface area contributed by atoms with Crippen LogP contribution in [0.4, 0.5) is 0 Å². The zero-order chi connectivity index (χ0) is 14.1. The Hall–Kier alpha value is -1.62. The van der Waals surface area contributed by atoms with E-state index in [1.807, 2.05) is 30.3 Å². The summed E-state index contributed by atoms with van der Waals surface area (Å²) in [4.78, 5) is 0. The Morgan fingerprint density at radius 2 is 1.95 bits per heavy atom. The molecule has 4 heteroatoms. The number of furan rings is 1. The van der Waals surface area contributed by atoms with Gasteiger partial charge in [-0.1, -0.05) is 46.3 Å². The minimum absolute atomic E-state index is 0.167. The number of fused-ring (bicyclic) bond motifs is 1. The van der Waals surface area contributed by atoms with Crippen LogP contribution in [0.25, 0.3) is 11.0 Å². The van der Waals surface area contributed by atoms with Crippen LogP contribution in [0.15, 0.2) is 57.4 Å². The Labute approximate surface area is 125 Å². The van der Waals surface area contributed by atoms with Gasteiger partial charge in [0.05, 0.1) is 0 Å². The van der Waals surface area contributed by atoms with Crippen LogP contribution in [0.5, 0.6) is 0 Å². The van der Waals surface area contributed by atoms with E-state index in [0.29, 0.717) is 0 Å². The van der Waals surface area contributed by atoms with Gasteiger partial charge in [0.1, 0.15) is 17.4 Å². The number of halogens is 1. The van der Waals surface area contributed by atoms with Crippen LogP contribution in [0.1, 0.15) is 22.9 Å². The fourth-order valence-electron chi connectivity index (χ4n) is 2.28. The van der Waals surface area contributed by atoms with Crippen molar-refractivity contribution < 1.29 is 4.42 Å². The number of hydrazine groups is 1. The maximum absolute atomic E-state index is 5.89. The van der Waals surface area contributed by atoms with Crippen molar-refractivity contribution in [3.63, 3.8) is 0 Å². The fraction of sp³-hybridized carbons (Fsp3) is 0.125. The van der Waals surface area contributed by atoms with Gasteiger partial charge in [-0.05, 0) is 36.2 Å². The number of para-hydroxylation sites is 1. The summed E-state index contributed by atoms with van der Waals surface area (Å²) in [5.41, 5.74) is 5.95. The highest BCUT2D eigenvalue weighted by Crippen LogP contribution is 2.29. The zero-order valence-corrected chi connectivity index (χ0v) is 12.6. The van der Waals surface area contributed by atoms with E-state index >= 15 is 0 Å². The SMILES string of the molecule is Cc1ccc(C(NN)c2cc3ccccc3o2)cc1Br. The van der Waals surface area contributed by atoms with E-state index in [-0.39, 0.29) is 6.04 Å². The number of hydrogen-bond acceptors (Lipinski definition) is 3. The first-order valence-corrected chi connectivity index (χ1v) is 7.19. The Balaban J connectivity index is 2.06. The molecule has 0 aliphatic rings. The third kappa shape index (κ3) is 2.38. The van der Waals surface area contributed by atoms with Crippen molar-refractivity contribution in [1.29, 1.82) is 0 Å². The second-order valence-electron chi connectivity index (χ2n) is 4.79. The molecule has 0 aliphatic carbocycles. The molecule has 1 heterocycles. The lowest BCUT2D eigenvalue weighted by molar-refractivity contribution is 0.477. The molecule has 3 nitrogen and oxygen atoms in total. The molecular weight excluding hydrogens is 316 g/mol. The van der Waals surface area contributed by atoms with Gasteiger partial charge in [0.2, 0.25) is 0 Å². The molecule has 0 fully saturated rings. The second kappa shape index (κ2) is 5.40. The predicted molar refractivity (Wildman–Crippen MR) is 84.3 cm³/mol. The summed E-state index contributed by atoms with van der Waals surface area (Å²) in [5.74, 6) is 6.53. The van der Waals surface area contributed by atoms with Gasteiger partial charge in [-0.3, -0.25) is 5.84 Å². The van der Waals surface area contributed by atoms with Gasteiger partial charge in [0.25, 0.3) is 0 Å². The van der Waals surface area contributed by atoms with Crippen LogP contribution < -0.4 is 11.3 Å². The van der Waals surface area contributed by atoms with Gasteiger partial charge >= 0.3 is 0 Å². The van der Waals surface area contributed by atoms with Crippen molar-refractivity contribution in [3.8, 4) is 0 Å². The molecule has 102 valence electrons. The molecule has 20 heavy (non-hydrogen) atoms. The highest BCUT2D eigenvalue weighted by Gasteiger charge is 2.17. The molecule has 1 aromatic heterocycles. The molecular formula is C16H15BrN2O. The average molecular weight is 331 g/mol. The van der Waals surface area contributed by atoms with E-state index in [2.05, 4.69) is 46.5 Å². The number of aryl methyl sites for hydroxylation is 1. The molecule has 3 rings (SSSR count). The number of nitrogens with one attached hydrogen (secondary N) is 1. The van der Waals surface area contributed by atoms with Crippen molar-refractivity contribution in [2.45, 2.75) is 13.0 Å². The number of hydrogen-bond donors (Lipinski definition) is 2. The highest BCUT2D eigenvalue weighted by atomic mass is 79.9. The topological polar surface area (TPSA) is 51.2 Å². The Morgan fingerprint density at radius 3 is 2.65 bits per heavy atom. The van der Waals surface area contributed by atoms with Gasteiger partial charge in [-0.15, -0.1) is 0 Å². The summed E-state index contributed by atoms with van der Waals surface area (Å²) >= 11 is 3.55. The Morgan fingerprint density at radius 1 is 1.15 bits per heavy atom. The smallest absolute Gasteiger partial charge is 0.134 e. The largest absolute Gasteiger partial charge is 0.459 e. The number of rotatable bonds is 3. The maximum atomic E-state index is 5.89. The monoisotopic (exact) mass is 330 g/mol. The van der Waals surface area contributed by atoms with Crippen LogP contribution >= 0.6 is 15.9 Å². The highest BCUT2D eigenvalue weighted by molar-refractivity contribution is 9.10. The standard InChI is InChI=1S/C16H15BrN2O/c1-10-6-7-12(8-13(10)17)16(19-18)15-9-11-4-2-3-5-14(11)20-15/h2-9,16,19H,18H2,1H3. The van der Waals surface area contributed by atoms with Crippen LogP contribution in [0.2, 0.25) is 0 Å². The Bertz CT molecular complexity index is 718. The summed E-state index contributed by atoms with van der Waals surface area (Å²) in [5, 5.41) is 1.08. The lowest BCUT2D eigenvalue weighted by atomic mass is 10.0. The normalized spacial score (nSPS) is 12.8. The van der Waals surface area contributed by atoms with Crippen LogP contribution in [-0.2, 0) is 0 Å². The second-order valence-corrected chi connectivity index (χ2v) is 5.65. The summed E-state index contributed by atoms with van der Waals surface area (Å²) in [7, 11) is 0. The molecule has 0 radical (unpaired) electrons. The maximum Gasteiger partial charge on any atom is 0.134 e. The summed E-state index contributed by atoms with van der Waals surface area (Å²) < 4.78 is 6.95. The first kappa shape index (κ1) is 13.4. The van der Waals surface area contributed by atoms with Crippen LogP contribution in [0.3, 0.4) is 0 Å². The molecule has 2 aromatic carbocycles. The molecule has 0 saturated heterocycles. The lowest BCUT2D eigenvalue weighted by Crippen LogP contribution is -2.28. The molecule has 0 spiro atoms. The number of nitrogens with two attached hydrogens (primary N) is 1. The van der Waals surface area contributed by atoms with Gasteiger partial charge in [-0.2, -0.15) is 0 Å². The molecule has 0 amide bonds. The van der Waals surface area contributed by atoms with Crippen LogP contribution in [0, 0.1) is 6.92 Å². The third-order valence-corrected chi connectivity index (χ3v) is 4.28. The average Bonchev–Trinajstić information content (AvgIpc) is 2.87. The van der Waals surface area contributed by atoms with E-state index < -0.39 is 0 Å². The molecule has 1 atom stereocenters. The fourth-order valence-corrected chi connectivity index (χ4v) is 2.67.